The van der Waals surface area contributed by atoms with Gasteiger partial charge >= 0.3 is 0 Å². The summed E-state index contributed by atoms with van der Waals surface area (Å²) in [6.45, 7) is 0.604. The van der Waals surface area contributed by atoms with Gasteiger partial charge in [0.05, 0.1) is 17.3 Å². The Morgan fingerprint density at radius 1 is 1.19 bits per heavy atom. The van der Waals surface area contributed by atoms with Crippen LogP contribution in [0, 0.1) is 0 Å². The smallest absolute Gasteiger partial charge is 0.169 e. The lowest BCUT2D eigenvalue weighted by Crippen LogP contribution is -1.98. The molecule has 0 aliphatic carbocycles. The second-order valence-corrected chi connectivity index (χ2v) is 5.29. The molecule has 0 unspecified atom stereocenters. The number of rotatable bonds is 3. The first-order chi connectivity index (χ1) is 7.65. The fourth-order valence-corrected chi connectivity index (χ4v) is 2.34. The van der Waals surface area contributed by atoms with Crippen molar-refractivity contribution in [2.75, 3.05) is 5.32 Å². The molecule has 0 aliphatic heterocycles. The van der Waals surface area contributed by atoms with Crippen molar-refractivity contribution in [3.05, 3.63) is 50.3 Å². The maximum absolute atomic E-state index is 6.07. The molecule has 0 radical (unpaired) electrons. The SMILES string of the molecule is Clc1cc(Br)ccc1NCc1ccc(Br)o1. The highest BCUT2D eigenvalue weighted by molar-refractivity contribution is 9.10. The predicted octanol–water partition coefficient (Wildman–Crippen LogP) is 5.07. The molecule has 0 amide bonds. The van der Waals surface area contributed by atoms with Crippen LogP contribution < -0.4 is 5.32 Å². The number of hydrogen-bond donors (Lipinski definition) is 1. The lowest BCUT2D eigenvalue weighted by molar-refractivity contribution is 0.495. The fraction of sp³-hybridized carbons (Fsp3) is 0.0909. The van der Waals surface area contributed by atoms with Crippen LogP contribution in [0.3, 0.4) is 0 Å². The van der Waals surface area contributed by atoms with Gasteiger partial charge in [-0.2, -0.15) is 0 Å². The zero-order valence-electron chi connectivity index (χ0n) is 8.14. The second kappa shape index (κ2) is 5.25. The molecule has 0 aliphatic rings. The Balaban J connectivity index is 2.04. The van der Waals surface area contributed by atoms with Crippen LogP contribution >= 0.6 is 43.5 Å². The van der Waals surface area contributed by atoms with Gasteiger partial charge in [0.2, 0.25) is 0 Å². The van der Waals surface area contributed by atoms with Gasteiger partial charge < -0.3 is 9.73 Å². The number of nitrogens with one attached hydrogen (secondary N) is 1. The van der Waals surface area contributed by atoms with Crippen molar-refractivity contribution in [2.45, 2.75) is 6.54 Å². The number of benzene rings is 1. The van der Waals surface area contributed by atoms with Gasteiger partial charge in [0.25, 0.3) is 0 Å². The molecule has 2 aromatic rings. The standard InChI is InChI=1S/C11H8Br2ClNO/c12-7-1-3-10(9(14)5-7)15-6-8-2-4-11(13)16-8/h1-5,15H,6H2. The largest absolute Gasteiger partial charge is 0.452 e. The highest BCUT2D eigenvalue weighted by Crippen LogP contribution is 2.26. The molecule has 0 saturated heterocycles. The van der Waals surface area contributed by atoms with E-state index in [4.69, 9.17) is 16.0 Å². The minimum absolute atomic E-state index is 0.604. The monoisotopic (exact) mass is 363 g/mol. The topological polar surface area (TPSA) is 25.2 Å². The van der Waals surface area contributed by atoms with Crippen molar-refractivity contribution in [2.24, 2.45) is 0 Å². The Labute approximate surface area is 115 Å². The Bertz CT molecular complexity index is 498. The predicted molar refractivity (Wildman–Crippen MR) is 72.9 cm³/mol. The lowest BCUT2D eigenvalue weighted by Gasteiger charge is -2.06. The van der Waals surface area contributed by atoms with Gasteiger partial charge in [-0.15, -0.1) is 0 Å². The van der Waals surface area contributed by atoms with Crippen LogP contribution in [0.1, 0.15) is 5.76 Å². The fourth-order valence-electron chi connectivity index (χ4n) is 1.26. The molecule has 1 heterocycles. The Kier molecular flexibility index (Phi) is 3.95. The molecular weight excluding hydrogens is 357 g/mol. The van der Waals surface area contributed by atoms with Crippen LogP contribution in [-0.2, 0) is 6.54 Å². The lowest BCUT2D eigenvalue weighted by atomic mass is 10.3. The van der Waals surface area contributed by atoms with Crippen LogP contribution in [0.4, 0.5) is 5.69 Å². The van der Waals surface area contributed by atoms with Crippen molar-refractivity contribution in [1.29, 1.82) is 0 Å². The molecule has 5 heteroatoms. The molecule has 2 nitrogen and oxygen atoms in total. The third kappa shape index (κ3) is 3.03. The van der Waals surface area contributed by atoms with Gasteiger partial charge in [-0.25, -0.2) is 0 Å². The van der Waals surface area contributed by atoms with E-state index in [2.05, 4.69) is 37.2 Å². The van der Waals surface area contributed by atoms with E-state index >= 15 is 0 Å². The van der Waals surface area contributed by atoms with E-state index < -0.39 is 0 Å². The first-order valence-corrected chi connectivity index (χ1v) is 6.54. The van der Waals surface area contributed by atoms with Crippen molar-refractivity contribution in [1.82, 2.24) is 0 Å². The minimum Gasteiger partial charge on any atom is -0.452 e. The average Bonchev–Trinajstić information content (AvgIpc) is 2.63. The van der Waals surface area contributed by atoms with Gasteiger partial charge in [-0.3, -0.25) is 0 Å². The molecule has 0 bridgehead atoms. The molecule has 1 aromatic heterocycles. The molecule has 2 rings (SSSR count). The molecule has 0 saturated carbocycles. The summed E-state index contributed by atoms with van der Waals surface area (Å²) in [5.41, 5.74) is 0.886. The summed E-state index contributed by atoms with van der Waals surface area (Å²) in [5, 5.41) is 3.88. The first kappa shape index (κ1) is 12.0. The summed E-state index contributed by atoms with van der Waals surface area (Å²) in [4.78, 5) is 0. The van der Waals surface area contributed by atoms with Crippen LogP contribution in [0.2, 0.25) is 5.02 Å². The summed E-state index contributed by atoms with van der Waals surface area (Å²) in [6.07, 6.45) is 0. The number of halogens is 3. The van der Waals surface area contributed by atoms with Gasteiger partial charge in [-0.1, -0.05) is 27.5 Å². The van der Waals surface area contributed by atoms with E-state index in [-0.39, 0.29) is 0 Å². The molecule has 0 fully saturated rings. The molecular formula is C11H8Br2ClNO. The number of hydrogen-bond acceptors (Lipinski definition) is 2. The molecule has 84 valence electrons. The zero-order chi connectivity index (χ0) is 11.5. The van der Waals surface area contributed by atoms with Crippen LogP contribution in [0.5, 0.6) is 0 Å². The van der Waals surface area contributed by atoms with Crippen molar-refractivity contribution < 1.29 is 4.42 Å². The molecule has 0 spiro atoms. The van der Waals surface area contributed by atoms with Crippen LogP contribution in [-0.4, -0.2) is 0 Å². The summed E-state index contributed by atoms with van der Waals surface area (Å²) >= 11 is 12.7. The summed E-state index contributed by atoms with van der Waals surface area (Å²) in [6, 6.07) is 9.47. The molecule has 0 atom stereocenters. The van der Waals surface area contributed by atoms with E-state index in [1.165, 1.54) is 0 Å². The van der Waals surface area contributed by atoms with Gasteiger partial charge in [0.15, 0.2) is 4.67 Å². The highest BCUT2D eigenvalue weighted by Gasteiger charge is 2.02. The summed E-state index contributed by atoms with van der Waals surface area (Å²) in [7, 11) is 0. The normalized spacial score (nSPS) is 10.4. The summed E-state index contributed by atoms with van der Waals surface area (Å²) in [5.74, 6) is 0.853. The molecule has 1 aromatic carbocycles. The van der Waals surface area contributed by atoms with E-state index in [9.17, 15) is 0 Å². The molecule has 1 N–H and O–H groups in total. The highest BCUT2D eigenvalue weighted by atomic mass is 79.9. The Morgan fingerprint density at radius 2 is 2.00 bits per heavy atom. The zero-order valence-corrected chi connectivity index (χ0v) is 12.1. The van der Waals surface area contributed by atoms with Gasteiger partial charge in [0.1, 0.15) is 5.76 Å². The van der Waals surface area contributed by atoms with Crippen molar-refractivity contribution in [3.8, 4) is 0 Å². The quantitative estimate of drug-likeness (QED) is 0.821. The van der Waals surface area contributed by atoms with Gasteiger partial charge in [-0.05, 0) is 46.3 Å². The van der Waals surface area contributed by atoms with E-state index in [1.54, 1.807) is 0 Å². The van der Waals surface area contributed by atoms with E-state index in [0.29, 0.717) is 11.6 Å². The number of anilines is 1. The summed E-state index contributed by atoms with van der Waals surface area (Å²) < 4.78 is 7.06. The van der Waals surface area contributed by atoms with Crippen molar-refractivity contribution >= 4 is 49.1 Å². The second-order valence-electron chi connectivity index (χ2n) is 3.18. The Hall–Kier alpha value is -0.450. The maximum atomic E-state index is 6.07. The van der Waals surface area contributed by atoms with E-state index in [0.717, 1.165) is 20.6 Å². The van der Waals surface area contributed by atoms with Crippen molar-refractivity contribution in [3.63, 3.8) is 0 Å². The van der Waals surface area contributed by atoms with Gasteiger partial charge in [0, 0.05) is 4.47 Å². The minimum atomic E-state index is 0.604. The first-order valence-electron chi connectivity index (χ1n) is 4.58. The van der Waals surface area contributed by atoms with Crippen LogP contribution in [0.25, 0.3) is 0 Å². The molecule has 16 heavy (non-hydrogen) atoms. The maximum Gasteiger partial charge on any atom is 0.169 e. The average molecular weight is 365 g/mol. The third-order valence-electron chi connectivity index (χ3n) is 2.01. The van der Waals surface area contributed by atoms with E-state index in [1.807, 2.05) is 30.3 Å². The third-order valence-corrected chi connectivity index (χ3v) is 3.25. The number of furan rings is 1. The van der Waals surface area contributed by atoms with Crippen LogP contribution in [0.15, 0.2) is 43.9 Å². The Morgan fingerprint density at radius 3 is 2.62 bits per heavy atom.